The largest absolute Gasteiger partial charge is 0.361 e. The minimum atomic E-state index is -0.445. The molecule has 0 atom stereocenters. The Kier molecular flexibility index (Phi) is 4.39. The van der Waals surface area contributed by atoms with Crippen LogP contribution in [-0.4, -0.2) is 20.8 Å². The molecule has 0 saturated carbocycles. The number of nitrogens with zero attached hydrogens (tertiary/aromatic N) is 2. The molecule has 2 aromatic carbocycles. The van der Waals surface area contributed by atoms with Crippen molar-refractivity contribution in [1.82, 2.24) is 9.97 Å². The van der Waals surface area contributed by atoms with Crippen LogP contribution in [0.2, 0.25) is 0 Å². The number of carbonyl (C=O) groups is 1. The second kappa shape index (κ2) is 7.00. The van der Waals surface area contributed by atoms with E-state index in [1.807, 2.05) is 30.5 Å². The summed E-state index contributed by atoms with van der Waals surface area (Å²) in [5.74, 6) is -0.167. The van der Waals surface area contributed by atoms with Crippen LogP contribution in [0.4, 0.5) is 10.8 Å². The van der Waals surface area contributed by atoms with Gasteiger partial charge in [0.2, 0.25) is 5.91 Å². The molecule has 0 radical (unpaired) electrons. The normalized spacial score (nSPS) is 10.8. The van der Waals surface area contributed by atoms with Gasteiger partial charge in [-0.2, -0.15) is 0 Å². The van der Waals surface area contributed by atoms with Crippen molar-refractivity contribution in [3.8, 4) is 11.3 Å². The van der Waals surface area contributed by atoms with Gasteiger partial charge in [0.1, 0.15) is 0 Å². The van der Waals surface area contributed by atoms with Gasteiger partial charge in [-0.25, -0.2) is 4.98 Å². The third-order valence-corrected chi connectivity index (χ3v) is 4.89. The number of non-ortho nitro benzene ring substituents is 1. The molecule has 0 spiro atoms. The molecule has 4 aromatic rings. The Morgan fingerprint density at radius 2 is 2.07 bits per heavy atom. The molecular formula is C19H14N4O3S. The minimum absolute atomic E-state index is 0.00502. The summed E-state index contributed by atoms with van der Waals surface area (Å²) in [5, 5.41) is 16.9. The average Bonchev–Trinajstić information content (AvgIpc) is 3.29. The molecule has 1 amide bonds. The molecule has 0 aliphatic rings. The van der Waals surface area contributed by atoms with Crippen LogP contribution in [0.15, 0.2) is 60.1 Å². The number of nitro benzene ring substituents is 1. The lowest BCUT2D eigenvalue weighted by Crippen LogP contribution is -2.14. The van der Waals surface area contributed by atoms with Crippen LogP contribution < -0.4 is 5.32 Å². The van der Waals surface area contributed by atoms with Gasteiger partial charge in [0.15, 0.2) is 5.13 Å². The smallest absolute Gasteiger partial charge is 0.270 e. The lowest BCUT2D eigenvalue weighted by Gasteiger charge is -2.01. The number of anilines is 1. The summed E-state index contributed by atoms with van der Waals surface area (Å²) in [6.07, 6.45) is 2.07. The monoisotopic (exact) mass is 378 g/mol. The highest BCUT2D eigenvalue weighted by molar-refractivity contribution is 7.14. The summed E-state index contributed by atoms with van der Waals surface area (Å²) < 4.78 is 0. The quantitative estimate of drug-likeness (QED) is 0.397. The number of fused-ring (bicyclic) bond motifs is 1. The molecule has 134 valence electrons. The number of amides is 1. The Bertz CT molecular complexity index is 1150. The Hall–Kier alpha value is -3.52. The van der Waals surface area contributed by atoms with Crippen LogP contribution in [-0.2, 0) is 11.2 Å². The first-order valence-corrected chi connectivity index (χ1v) is 9.03. The molecule has 0 unspecified atom stereocenters. The van der Waals surface area contributed by atoms with Gasteiger partial charge in [-0.05, 0) is 11.6 Å². The summed E-state index contributed by atoms with van der Waals surface area (Å²) in [6.45, 7) is 0. The lowest BCUT2D eigenvalue weighted by atomic mass is 10.1. The predicted octanol–water partition coefficient (Wildman–Crippen LogP) is 4.38. The number of para-hydroxylation sites is 1. The van der Waals surface area contributed by atoms with Crippen molar-refractivity contribution in [2.45, 2.75) is 6.42 Å². The highest BCUT2D eigenvalue weighted by Crippen LogP contribution is 2.27. The summed E-state index contributed by atoms with van der Waals surface area (Å²) >= 11 is 1.28. The number of hydrogen-bond acceptors (Lipinski definition) is 5. The molecule has 0 aliphatic heterocycles. The second-order valence-electron chi connectivity index (χ2n) is 5.93. The number of hydrogen-bond donors (Lipinski definition) is 2. The predicted molar refractivity (Wildman–Crippen MR) is 105 cm³/mol. The van der Waals surface area contributed by atoms with E-state index >= 15 is 0 Å². The van der Waals surface area contributed by atoms with E-state index in [4.69, 9.17) is 0 Å². The van der Waals surface area contributed by atoms with Crippen LogP contribution in [0.25, 0.3) is 22.2 Å². The number of thiazole rings is 1. The zero-order valence-electron chi connectivity index (χ0n) is 14.0. The highest BCUT2D eigenvalue weighted by Gasteiger charge is 2.13. The average molecular weight is 378 g/mol. The van der Waals surface area contributed by atoms with Crippen molar-refractivity contribution >= 4 is 39.0 Å². The first-order chi connectivity index (χ1) is 13.1. The van der Waals surface area contributed by atoms with Crippen molar-refractivity contribution in [1.29, 1.82) is 0 Å². The van der Waals surface area contributed by atoms with E-state index < -0.39 is 4.92 Å². The second-order valence-corrected chi connectivity index (χ2v) is 6.79. The molecule has 0 fully saturated rings. The van der Waals surface area contributed by atoms with Gasteiger partial charge in [-0.3, -0.25) is 14.9 Å². The molecule has 2 N–H and O–H groups in total. The van der Waals surface area contributed by atoms with Crippen molar-refractivity contribution in [3.63, 3.8) is 0 Å². The van der Waals surface area contributed by atoms with E-state index in [0.717, 1.165) is 16.5 Å². The topological polar surface area (TPSA) is 101 Å². The molecule has 7 nitrogen and oxygen atoms in total. The van der Waals surface area contributed by atoms with Crippen molar-refractivity contribution < 1.29 is 9.72 Å². The fraction of sp³-hybridized carbons (Fsp3) is 0.0526. The van der Waals surface area contributed by atoms with Crippen LogP contribution in [0.5, 0.6) is 0 Å². The number of nitro groups is 1. The zero-order valence-corrected chi connectivity index (χ0v) is 14.8. The number of H-pyrrole nitrogens is 1. The SMILES string of the molecule is O=C(Cc1c[nH]c2ccccc12)Nc1nc(-c2cccc([N+](=O)[O-])c2)cs1. The van der Waals surface area contributed by atoms with Crippen molar-refractivity contribution in [2.24, 2.45) is 0 Å². The Morgan fingerprint density at radius 1 is 1.22 bits per heavy atom. The van der Waals surface area contributed by atoms with Crippen molar-refractivity contribution in [2.75, 3.05) is 5.32 Å². The molecule has 0 bridgehead atoms. The van der Waals surface area contributed by atoms with Crippen LogP contribution in [0, 0.1) is 10.1 Å². The third kappa shape index (κ3) is 3.56. The number of aromatic nitrogens is 2. The van der Waals surface area contributed by atoms with Gasteiger partial charge in [0.25, 0.3) is 5.69 Å². The van der Waals surface area contributed by atoms with E-state index in [9.17, 15) is 14.9 Å². The summed E-state index contributed by atoms with van der Waals surface area (Å²) in [7, 11) is 0. The van der Waals surface area contributed by atoms with Gasteiger partial charge in [0, 0.05) is 40.2 Å². The summed E-state index contributed by atoms with van der Waals surface area (Å²) in [5.41, 5.74) is 3.13. The van der Waals surface area contributed by atoms with E-state index in [1.54, 1.807) is 17.5 Å². The number of rotatable bonds is 5. The summed E-state index contributed by atoms with van der Waals surface area (Å²) in [4.78, 5) is 30.3. The lowest BCUT2D eigenvalue weighted by molar-refractivity contribution is -0.384. The van der Waals surface area contributed by atoms with Crippen LogP contribution in [0.3, 0.4) is 0 Å². The fourth-order valence-electron chi connectivity index (χ4n) is 2.86. The number of nitrogens with one attached hydrogen (secondary N) is 2. The Labute approximate surface area is 157 Å². The van der Waals surface area contributed by atoms with Gasteiger partial charge < -0.3 is 10.3 Å². The van der Waals surface area contributed by atoms with E-state index in [0.29, 0.717) is 16.4 Å². The molecule has 0 aliphatic carbocycles. The number of benzene rings is 2. The standard InChI is InChI=1S/C19H14N4O3S/c24-18(9-13-10-20-16-7-2-1-6-15(13)16)22-19-21-17(11-27-19)12-4-3-5-14(8-12)23(25)26/h1-8,10-11,20H,9H2,(H,21,22,24). The number of aromatic amines is 1. The fourth-order valence-corrected chi connectivity index (χ4v) is 3.59. The maximum atomic E-state index is 12.4. The van der Waals surface area contributed by atoms with Crippen LogP contribution >= 0.6 is 11.3 Å². The number of carbonyl (C=O) groups excluding carboxylic acids is 1. The van der Waals surface area contributed by atoms with E-state index in [1.165, 1.54) is 23.5 Å². The maximum Gasteiger partial charge on any atom is 0.270 e. The zero-order chi connectivity index (χ0) is 18.8. The molecule has 4 rings (SSSR count). The van der Waals surface area contributed by atoms with Crippen molar-refractivity contribution in [3.05, 3.63) is 75.8 Å². The van der Waals surface area contributed by atoms with E-state index in [-0.39, 0.29) is 18.0 Å². The Balaban J connectivity index is 1.48. The van der Waals surface area contributed by atoms with Gasteiger partial charge in [-0.1, -0.05) is 30.3 Å². The molecule has 0 saturated heterocycles. The first-order valence-electron chi connectivity index (χ1n) is 8.15. The molecule has 8 heteroatoms. The van der Waals surface area contributed by atoms with E-state index in [2.05, 4.69) is 15.3 Å². The van der Waals surface area contributed by atoms with Gasteiger partial charge >= 0.3 is 0 Å². The molecule has 27 heavy (non-hydrogen) atoms. The molecule has 2 aromatic heterocycles. The molecule has 2 heterocycles. The van der Waals surface area contributed by atoms with Crippen LogP contribution in [0.1, 0.15) is 5.56 Å². The highest BCUT2D eigenvalue weighted by atomic mass is 32.1. The minimum Gasteiger partial charge on any atom is -0.361 e. The first kappa shape index (κ1) is 16.9. The Morgan fingerprint density at radius 3 is 2.93 bits per heavy atom. The third-order valence-electron chi connectivity index (χ3n) is 4.13. The van der Waals surface area contributed by atoms with Gasteiger partial charge in [0.05, 0.1) is 17.0 Å². The molecular weight excluding hydrogens is 364 g/mol. The summed E-state index contributed by atoms with van der Waals surface area (Å²) in [6, 6.07) is 14.1. The maximum absolute atomic E-state index is 12.4. The van der Waals surface area contributed by atoms with Gasteiger partial charge in [-0.15, -0.1) is 11.3 Å².